The molecule has 3 aromatic rings. The average molecular weight is 442 g/mol. The highest BCUT2D eigenvalue weighted by Crippen LogP contribution is 2.25. The summed E-state index contributed by atoms with van der Waals surface area (Å²) >= 11 is 0. The van der Waals surface area contributed by atoms with Crippen LogP contribution in [0.3, 0.4) is 0 Å². The largest absolute Gasteiger partial charge is 0.441 e. The van der Waals surface area contributed by atoms with Gasteiger partial charge in [0.1, 0.15) is 6.10 Å². The van der Waals surface area contributed by atoms with E-state index in [9.17, 15) is 13.2 Å². The molecule has 7 nitrogen and oxygen atoms in total. The van der Waals surface area contributed by atoms with E-state index in [0.717, 1.165) is 22.4 Å². The number of carbonyl (C=O) groups excluding carboxylic acids is 1. The van der Waals surface area contributed by atoms with E-state index in [1.165, 1.54) is 17.0 Å². The number of benzene rings is 3. The van der Waals surface area contributed by atoms with E-state index in [-0.39, 0.29) is 11.5 Å². The van der Waals surface area contributed by atoms with Crippen LogP contribution in [0, 0.1) is 6.92 Å². The van der Waals surface area contributed by atoms with Crippen molar-refractivity contribution < 1.29 is 27.6 Å². The SMILES string of the molecule is Cc1ccc(S(=O)(=O)O)cc1.O=C1OC(CO)CN1c1ccc(-c2ccccc2)cc1. The number of aliphatic hydroxyl groups excluding tert-OH is 1. The Morgan fingerprint density at radius 2 is 1.52 bits per heavy atom. The van der Waals surface area contributed by atoms with Crippen molar-refractivity contribution in [1.82, 2.24) is 0 Å². The van der Waals surface area contributed by atoms with Crippen LogP contribution in [0.1, 0.15) is 5.56 Å². The van der Waals surface area contributed by atoms with E-state index in [0.29, 0.717) is 6.54 Å². The lowest BCUT2D eigenvalue weighted by Gasteiger charge is -2.13. The predicted molar refractivity (Wildman–Crippen MR) is 118 cm³/mol. The van der Waals surface area contributed by atoms with E-state index < -0.39 is 22.3 Å². The molecule has 1 aliphatic rings. The number of hydrogen-bond acceptors (Lipinski definition) is 5. The molecule has 1 amide bonds. The standard InChI is InChI=1S/C16H15NO3.C7H8O3S/c18-11-15-10-17(16(19)20-15)14-8-6-13(7-9-14)12-4-2-1-3-5-12;1-6-2-4-7(5-3-6)11(8,9)10/h1-9,15,18H,10-11H2;2-5H,1H3,(H,8,9,10). The highest BCUT2D eigenvalue weighted by atomic mass is 32.2. The van der Waals surface area contributed by atoms with Gasteiger partial charge in [-0.05, 0) is 42.3 Å². The zero-order valence-electron chi connectivity index (χ0n) is 16.9. The molecule has 0 spiro atoms. The number of nitrogens with zero attached hydrogens (tertiary/aromatic N) is 1. The summed E-state index contributed by atoms with van der Waals surface area (Å²) in [6.45, 7) is 2.08. The molecule has 0 saturated carbocycles. The molecule has 1 heterocycles. The van der Waals surface area contributed by atoms with Crippen LogP contribution in [0.25, 0.3) is 11.1 Å². The third kappa shape index (κ3) is 5.91. The van der Waals surface area contributed by atoms with Gasteiger partial charge in [0.2, 0.25) is 0 Å². The number of anilines is 1. The predicted octanol–water partition coefficient (Wildman–Crippen LogP) is 3.91. The van der Waals surface area contributed by atoms with Crippen LogP contribution in [-0.4, -0.2) is 43.4 Å². The van der Waals surface area contributed by atoms with Crippen molar-refractivity contribution in [3.8, 4) is 11.1 Å². The molecular formula is C23H23NO6S. The fourth-order valence-electron chi connectivity index (χ4n) is 3.00. The number of carbonyl (C=O) groups is 1. The van der Waals surface area contributed by atoms with Crippen LogP contribution in [0.4, 0.5) is 10.5 Å². The lowest BCUT2D eigenvalue weighted by molar-refractivity contribution is 0.0963. The van der Waals surface area contributed by atoms with Crippen molar-refractivity contribution in [1.29, 1.82) is 0 Å². The number of ether oxygens (including phenoxy) is 1. The first-order valence-electron chi connectivity index (χ1n) is 9.56. The molecular weight excluding hydrogens is 418 g/mol. The minimum absolute atomic E-state index is 0.0666. The molecule has 1 aliphatic heterocycles. The van der Waals surface area contributed by atoms with Gasteiger partial charge in [-0.3, -0.25) is 9.45 Å². The molecule has 1 fully saturated rings. The fourth-order valence-corrected chi connectivity index (χ4v) is 3.48. The van der Waals surface area contributed by atoms with Crippen LogP contribution >= 0.6 is 0 Å². The van der Waals surface area contributed by atoms with Gasteiger partial charge in [0, 0.05) is 5.69 Å². The third-order valence-electron chi connectivity index (χ3n) is 4.68. The minimum atomic E-state index is -4.02. The zero-order chi connectivity index (χ0) is 22.4. The van der Waals surface area contributed by atoms with E-state index in [4.69, 9.17) is 14.4 Å². The monoisotopic (exact) mass is 441 g/mol. The van der Waals surface area contributed by atoms with Crippen LogP contribution in [0.5, 0.6) is 0 Å². The van der Waals surface area contributed by atoms with E-state index in [2.05, 4.69) is 0 Å². The summed E-state index contributed by atoms with van der Waals surface area (Å²) in [6, 6.07) is 23.8. The van der Waals surface area contributed by atoms with Crippen LogP contribution < -0.4 is 4.90 Å². The topological polar surface area (TPSA) is 104 Å². The van der Waals surface area contributed by atoms with Crippen molar-refractivity contribution in [3.63, 3.8) is 0 Å². The van der Waals surface area contributed by atoms with Crippen LogP contribution in [0.2, 0.25) is 0 Å². The molecule has 0 aromatic heterocycles. The Morgan fingerprint density at radius 1 is 0.935 bits per heavy atom. The summed E-state index contributed by atoms with van der Waals surface area (Å²) in [5.41, 5.74) is 3.97. The number of hydrogen-bond donors (Lipinski definition) is 2. The molecule has 8 heteroatoms. The number of amides is 1. The van der Waals surface area contributed by atoms with Crippen molar-refractivity contribution >= 4 is 21.9 Å². The van der Waals surface area contributed by atoms with Crippen molar-refractivity contribution in [3.05, 3.63) is 84.4 Å². The van der Waals surface area contributed by atoms with Gasteiger partial charge in [-0.25, -0.2) is 4.79 Å². The smallest absolute Gasteiger partial charge is 0.414 e. The second kappa shape index (κ2) is 9.74. The van der Waals surface area contributed by atoms with E-state index in [1.807, 2.05) is 61.5 Å². The molecule has 1 atom stereocenters. The van der Waals surface area contributed by atoms with Gasteiger partial charge in [-0.15, -0.1) is 0 Å². The van der Waals surface area contributed by atoms with Crippen molar-refractivity contribution in [2.75, 3.05) is 18.1 Å². The molecule has 4 rings (SSSR count). The molecule has 3 aromatic carbocycles. The molecule has 1 unspecified atom stereocenters. The van der Waals surface area contributed by atoms with Gasteiger partial charge >= 0.3 is 6.09 Å². The first-order valence-corrected chi connectivity index (χ1v) is 11.0. The summed E-state index contributed by atoms with van der Waals surface area (Å²) in [7, 11) is -4.02. The maximum atomic E-state index is 11.7. The molecule has 0 radical (unpaired) electrons. The highest BCUT2D eigenvalue weighted by molar-refractivity contribution is 7.85. The Labute approximate surface area is 181 Å². The van der Waals surface area contributed by atoms with Crippen molar-refractivity contribution in [2.24, 2.45) is 0 Å². The summed E-state index contributed by atoms with van der Waals surface area (Å²) in [6.07, 6.45) is -0.840. The quantitative estimate of drug-likeness (QED) is 0.595. The Kier molecular flexibility index (Phi) is 7.06. The maximum absolute atomic E-state index is 11.7. The van der Waals surface area contributed by atoms with E-state index >= 15 is 0 Å². The lowest BCUT2D eigenvalue weighted by Crippen LogP contribution is -2.25. The van der Waals surface area contributed by atoms with Gasteiger partial charge in [0.25, 0.3) is 10.1 Å². The van der Waals surface area contributed by atoms with E-state index in [1.54, 1.807) is 12.1 Å². The van der Waals surface area contributed by atoms with Crippen LogP contribution in [0.15, 0.2) is 83.8 Å². The Balaban J connectivity index is 0.000000210. The number of aliphatic hydroxyl groups is 1. The minimum Gasteiger partial charge on any atom is -0.441 e. The molecule has 162 valence electrons. The van der Waals surface area contributed by atoms with Gasteiger partial charge in [0.05, 0.1) is 18.0 Å². The Morgan fingerprint density at radius 3 is 2.03 bits per heavy atom. The molecule has 0 bridgehead atoms. The van der Waals surface area contributed by atoms with Gasteiger partial charge in [0.15, 0.2) is 0 Å². The maximum Gasteiger partial charge on any atom is 0.414 e. The van der Waals surface area contributed by atoms with Gasteiger partial charge in [-0.1, -0.05) is 60.2 Å². The average Bonchev–Trinajstić information content (AvgIpc) is 3.15. The zero-order valence-corrected chi connectivity index (χ0v) is 17.7. The lowest BCUT2D eigenvalue weighted by atomic mass is 10.1. The summed E-state index contributed by atoms with van der Waals surface area (Å²) < 4.78 is 34.6. The second-order valence-electron chi connectivity index (χ2n) is 7.00. The summed E-state index contributed by atoms with van der Waals surface area (Å²) in [5.74, 6) is 0. The van der Waals surface area contributed by atoms with Gasteiger partial charge in [-0.2, -0.15) is 8.42 Å². The molecule has 1 saturated heterocycles. The number of rotatable bonds is 4. The summed E-state index contributed by atoms with van der Waals surface area (Å²) in [4.78, 5) is 13.2. The van der Waals surface area contributed by atoms with Gasteiger partial charge < -0.3 is 9.84 Å². The second-order valence-corrected chi connectivity index (χ2v) is 8.42. The first kappa shape index (κ1) is 22.5. The third-order valence-corrected chi connectivity index (χ3v) is 5.55. The molecule has 31 heavy (non-hydrogen) atoms. The van der Waals surface area contributed by atoms with Crippen molar-refractivity contribution in [2.45, 2.75) is 17.9 Å². The Bertz CT molecular complexity index is 1110. The highest BCUT2D eigenvalue weighted by Gasteiger charge is 2.31. The Hall–Kier alpha value is -3.20. The number of aryl methyl sites for hydroxylation is 1. The normalized spacial score (nSPS) is 15.8. The van der Waals surface area contributed by atoms with Crippen LogP contribution in [-0.2, 0) is 14.9 Å². The molecule has 0 aliphatic carbocycles. The number of cyclic esters (lactones) is 1. The first-order chi connectivity index (χ1) is 14.8. The fraction of sp³-hybridized carbons (Fsp3) is 0.174. The summed E-state index contributed by atoms with van der Waals surface area (Å²) in [5, 5.41) is 9.04. The molecule has 2 N–H and O–H groups in total.